The van der Waals surface area contributed by atoms with Gasteiger partial charge >= 0.3 is 0 Å². The molecule has 0 heterocycles. The van der Waals surface area contributed by atoms with Gasteiger partial charge in [0.05, 0.1) is 12.7 Å². The van der Waals surface area contributed by atoms with E-state index < -0.39 is 5.60 Å². The Morgan fingerprint density at radius 2 is 2.09 bits per heavy atom. The van der Waals surface area contributed by atoms with Crippen molar-refractivity contribution < 1.29 is 9.84 Å². The van der Waals surface area contributed by atoms with Crippen LogP contribution in [0.25, 0.3) is 0 Å². The fraction of sp³-hybridized carbons (Fsp3) is 0.667. The van der Waals surface area contributed by atoms with Crippen LogP contribution in [0.15, 0.2) is 24.3 Å². The molecule has 0 spiro atoms. The molecule has 2 aliphatic rings. The van der Waals surface area contributed by atoms with Crippen LogP contribution in [0.4, 0.5) is 0 Å². The second kappa shape index (κ2) is 6.77. The monoisotopic (exact) mass is 325 g/mol. The summed E-state index contributed by atoms with van der Waals surface area (Å²) < 4.78 is 5.35. The summed E-state index contributed by atoms with van der Waals surface area (Å²) in [6.45, 7) is 0.950. The van der Waals surface area contributed by atoms with Crippen LogP contribution in [0.2, 0.25) is 0 Å². The summed E-state index contributed by atoms with van der Waals surface area (Å²) in [5.41, 5.74) is 0.327. The Morgan fingerprint density at radius 3 is 2.77 bits per heavy atom. The van der Waals surface area contributed by atoms with Crippen molar-refractivity contribution in [1.82, 2.24) is 4.90 Å². The molecular formula is C18H28ClNO2. The first kappa shape index (κ1) is 17.6. The van der Waals surface area contributed by atoms with Crippen LogP contribution < -0.4 is 4.74 Å². The molecule has 2 saturated carbocycles. The van der Waals surface area contributed by atoms with Gasteiger partial charge in [-0.25, -0.2) is 0 Å². The van der Waals surface area contributed by atoms with Gasteiger partial charge in [0.15, 0.2) is 0 Å². The number of halogens is 1. The summed E-state index contributed by atoms with van der Waals surface area (Å²) in [7, 11) is 5.89. The maximum Gasteiger partial charge on any atom is 0.119 e. The second-order valence-electron chi connectivity index (χ2n) is 7.17. The molecule has 0 radical (unpaired) electrons. The molecule has 0 saturated heterocycles. The zero-order valence-corrected chi connectivity index (χ0v) is 14.6. The van der Waals surface area contributed by atoms with Crippen molar-refractivity contribution in [1.29, 1.82) is 0 Å². The van der Waals surface area contributed by atoms with Crippen molar-refractivity contribution in [2.45, 2.75) is 31.3 Å². The summed E-state index contributed by atoms with van der Waals surface area (Å²) in [5.74, 6) is 2.49. The van der Waals surface area contributed by atoms with Gasteiger partial charge in [0, 0.05) is 12.5 Å². The minimum absolute atomic E-state index is 0. The van der Waals surface area contributed by atoms with E-state index >= 15 is 0 Å². The Kier molecular flexibility index (Phi) is 5.41. The number of fused-ring (bicyclic) bond motifs is 2. The molecule has 4 atom stereocenters. The Labute approximate surface area is 140 Å². The van der Waals surface area contributed by atoms with Crippen LogP contribution in [-0.2, 0) is 5.60 Å². The smallest absolute Gasteiger partial charge is 0.119 e. The number of aliphatic hydroxyl groups is 1. The third-order valence-electron chi connectivity index (χ3n) is 5.50. The highest BCUT2D eigenvalue weighted by Crippen LogP contribution is 2.54. The second-order valence-corrected chi connectivity index (χ2v) is 7.17. The molecule has 22 heavy (non-hydrogen) atoms. The lowest BCUT2D eigenvalue weighted by Gasteiger charge is -2.45. The average molecular weight is 326 g/mol. The van der Waals surface area contributed by atoms with E-state index in [1.54, 1.807) is 7.11 Å². The molecule has 3 rings (SSSR count). The first-order valence-electron chi connectivity index (χ1n) is 8.04. The van der Waals surface area contributed by atoms with E-state index in [2.05, 4.69) is 25.1 Å². The van der Waals surface area contributed by atoms with E-state index in [-0.39, 0.29) is 12.4 Å². The molecule has 4 heteroatoms. The van der Waals surface area contributed by atoms with Crippen LogP contribution >= 0.6 is 12.4 Å². The van der Waals surface area contributed by atoms with Crippen molar-refractivity contribution in [2.24, 2.45) is 17.8 Å². The molecule has 0 amide bonds. The third-order valence-corrected chi connectivity index (χ3v) is 5.50. The van der Waals surface area contributed by atoms with Crippen LogP contribution in [0.1, 0.15) is 31.2 Å². The minimum Gasteiger partial charge on any atom is -0.497 e. The fourth-order valence-corrected chi connectivity index (χ4v) is 4.56. The number of hydrogen-bond donors (Lipinski definition) is 1. The fourth-order valence-electron chi connectivity index (χ4n) is 4.56. The zero-order chi connectivity index (χ0) is 15.0. The van der Waals surface area contributed by atoms with Crippen LogP contribution in [0.5, 0.6) is 5.75 Å². The van der Waals surface area contributed by atoms with Gasteiger partial charge in [-0.05, 0) is 62.9 Å². The molecule has 4 unspecified atom stereocenters. The summed E-state index contributed by atoms with van der Waals surface area (Å²) in [5, 5.41) is 11.6. The van der Waals surface area contributed by atoms with E-state index in [9.17, 15) is 5.11 Å². The van der Waals surface area contributed by atoms with Crippen molar-refractivity contribution in [3.05, 3.63) is 29.8 Å². The Hall–Kier alpha value is -0.770. The predicted octanol–water partition coefficient (Wildman–Crippen LogP) is 3.30. The highest BCUT2D eigenvalue weighted by molar-refractivity contribution is 5.85. The summed E-state index contributed by atoms with van der Waals surface area (Å²) in [6.07, 6.45) is 4.75. The van der Waals surface area contributed by atoms with Crippen molar-refractivity contribution in [3.8, 4) is 5.75 Å². The number of methoxy groups -OCH3 is 1. The van der Waals surface area contributed by atoms with Crippen LogP contribution in [0.3, 0.4) is 0 Å². The van der Waals surface area contributed by atoms with Crippen LogP contribution in [0, 0.1) is 17.8 Å². The number of rotatable bonds is 4. The lowest BCUT2D eigenvalue weighted by atomic mass is 9.66. The van der Waals surface area contributed by atoms with Gasteiger partial charge in [0.2, 0.25) is 0 Å². The SMILES string of the molecule is COc1cccc(C2(O)CC3CCC(C3)C2CN(C)C)c1.Cl. The van der Waals surface area contributed by atoms with Gasteiger partial charge < -0.3 is 14.7 Å². The molecule has 3 nitrogen and oxygen atoms in total. The molecule has 1 N–H and O–H groups in total. The van der Waals surface area contributed by atoms with Crippen molar-refractivity contribution >= 4 is 12.4 Å². The van der Waals surface area contributed by atoms with Gasteiger partial charge in [-0.15, -0.1) is 12.4 Å². The maximum atomic E-state index is 11.6. The van der Waals surface area contributed by atoms with E-state index in [0.29, 0.717) is 17.8 Å². The van der Waals surface area contributed by atoms with Gasteiger partial charge in [0.1, 0.15) is 5.75 Å². The normalized spacial score (nSPS) is 33.6. The Bertz CT molecular complexity index is 508. The number of nitrogens with zero attached hydrogens (tertiary/aromatic N) is 1. The van der Waals surface area contributed by atoms with Crippen molar-refractivity contribution in [2.75, 3.05) is 27.7 Å². The number of benzene rings is 1. The molecule has 0 aromatic heterocycles. The maximum absolute atomic E-state index is 11.6. The van der Waals surface area contributed by atoms with Gasteiger partial charge in [-0.1, -0.05) is 18.6 Å². The predicted molar refractivity (Wildman–Crippen MR) is 91.6 cm³/mol. The van der Waals surface area contributed by atoms with E-state index in [4.69, 9.17) is 4.74 Å². The standard InChI is InChI=1S/C18H27NO2.ClH/c1-19(2)12-17-14-8-7-13(9-14)11-18(17,20)15-5-4-6-16(10-15)21-3;/h4-6,10,13-14,17,20H,7-9,11-12H2,1-3H3;1H. The minimum atomic E-state index is -0.705. The molecule has 2 aliphatic carbocycles. The van der Waals surface area contributed by atoms with Gasteiger partial charge in [0.25, 0.3) is 0 Å². The summed E-state index contributed by atoms with van der Waals surface area (Å²) in [6, 6.07) is 8.03. The zero-order valence-electron chi connectivity index (χ0n) is 13.8. The van der Waals surface area contributed by atoms with Crippen LogP contribution in [-0.4, -0.2) is 37.8 Å². The molecule has 1 aromatic carbocycles. The van der Waals surface area contributed by atoms with E-state index in [0.717, 1.165) is 24.3 Å². The Morgan fingerprint density at radius 1 is 1.32 bits per heavy atom. The van der Waals surface area contributed by atoms with Crippen molar-refractivity contribution in [3.63, 3.8) is 0 Å². The molecule has 0 aliphatic heterocycles. The lowest BCUT2D eigenvalue weighted by Crippen LogP contribution is -2.47. The van der Waals surface area contributed by atoms with E-state index in [1.165, 1.54) is 19.3 Å². The van der Waals surface area contributed by atoms with E-state index in [1.807, 2.05) is 18.2 Å². The average Bonchev–Trinajstić information content (AvgIpc) is 2.87. The number of ether oxygens (including phenoxy) is 1. The first-order valence-corrected chi connectivity index (χ1v) is 8.04. The molecule has 124 valence electrons. The molecular weight excluding hydrogens is 298 g/mol. The topological polar surface area (TPSA) is 32.7 Å². The largest absolute Gasteiger partial charge is 0.497 e. The van der Waals surface area contributed by atoms with Gasteiger partial charge in [-0.3, -0.25) is 0 Å². The highest BCUT2D eigenvalue weighted by atomic mass is 35.5. The molecule has 2 bridgehead atoms. The number of hydrogen-bond acceptors (Lipinski definition) is 3. The summed E-state index contributed by atoms with van der Waals surface area (Å²) >= 11 is 0. The lowest BCUT2D eigenvalue weighted by molar-refractivity contribution is -0.0892. The molecule has 2 fully saturated rings. The highest BCUT2D eigenvalue weighted by Gasteiger charge is 2.51. The molecule has 1 aromatic rings. The third kappa shape index (κ3) is 3.12. The quantitative estimate of drug-likeness (QED) is 0.922. The van der Waals surface area contributed by atoms with Gasteiger partial charge in [-0.2, -0.15) is 0 Å². The summed E-state index contributed by atoms with van der Waals surface area (Å²) in [4.78, 5) is 2.22. The Balaban J connectivity index is 0.00000176. The first-order chi connectivity index (χ1) is 10.0.